The first-order chi connectivity index (χ1) is 12.8. The summed E-state index contributed by atoms with van der Waals surface area (Å²) in [5.41, 5.74) is 0.908. The van der Waals surface area contributed by atoms with Crippen molar-refractivity contribution in [2.24, 2.45) is 0 Å². The quantitative estimate of drug-likeness (QED) is 0.389. The Kier molecular flexibility index (Phi) is 8.99. The van der Waals surface area contributed by atoms with Crippen molar-refractivity contribution in [3.05, 3.63) is 29.8 Å². The Hall–Kier alpha value is -1.09. The van der Waals surface area contributed by atoms with Gasteiger partial charge in [0.05, 0.1) is 20.3 Å². The van der Waals surface area contributed by atoms with Gasteiger partial charge < -0.3 is 13.9 Å². The molecule has 1 aromatic rings. The van der Waals surface area contributed by atoms with Crippen molar-refractivity contribution in [2.45, 2.75) is 57.7 Å². The molecule has 8 heteroatoms. The lowest BCUT2D eigenvalue weighted by Crippen LogP contribution is -2.44. The van der Waals surface area contributed by atoms with Crippen molar-refractivity contribution in [3.63, 3.8) is 0 Å². The van der Waals surface area contributed by atoms with Crippen LogP contribution in [0.3, 0.4) is 0 Å². The van der Waals surface area contributed by atoms with Crippen LogP contribution < -0.4 is 4.74 Å². The van der Waals surface area contributed by atoms with E-state index in [9.17, 15) is 13.2 Å². The van der Waals surface area contributed by atoms with E-state index in [-0.39, 0.29) is 24.8 Å². The van der Waals surface area contributed by atoms with Gasteiger partial charge in [-0.1, -0.05) is 32.9 Å². The van der Waals surface area contributed by atoms with Gasteiger partial charge in [0.15, 0.2) is 14.4 Å². The van der Waals surface area contributed by atoms with E-state index in [0.29, 0.717) is 12.3 Å². The largest absolute Gasteiger partial charge is 0.497 e. The van der Waals surface area contributed by atoms with Crippen LogP contribution in [-0.2, 0) is 15.7 Å². The van der Waals surface area contributed by atoms with Crippen LogP contribution in [0.2, 0.25) is 18.1 Å². The number of benzene rings is 1. The number of hydrogen-bond donors (Lipinski definition) is 0. The molecule has 0 bridgehead atoms. The van der Waals surface area contributed by atoms with Crippen LogP contribution in [0.15, 0.2) is 24.3 Å². The van der Waals surface area contributed by atoms with Crippen molar-refractivity contribution >= 4 is 8.32 Å². The Morgan fingerprint density at radius 1 is 1.04 bits per heavy atom. The lowest BCUT2D eigenvalue weighted by atomic mass is 10.2. The fourth-order valence-electron chi connectivity index (χ4n) is 2.34. The van der Waals surface area contributed by atoms with Crippen molar-refractivity contribution < 1.29 is 27.1 Å². The van der Waals surface area contributed by atoms with Gasteiger partial charge in [0.25, 0.3) is 0 Å². The fourth-order valence-corrected chi connectivity index (χ4v) is 3.37. The van der Waals surface area contributed by atoms with Crippen LogP contribution >= 0.6 is 0 Å². The number of nitrogens with zero attached hydrogens (tertiary/aromatic N) is 1. The molecule has 0 aromatic heterocycles. The maximum absolute atomic E-state index is 13.4. The average molecular weight is 422 g/mol. The number of ether oxygens (including phenoxy) is 2. The van der Waals surface area contributed by atoms with Crippen LogP contribution in [0.4, 0.5) is 13.2 Å². The molecule has 4 nitrogen and oxygen atoms in total. The summed E-state index contributed by atoms with van der Waals surface area (Å²) < 4.78 is 56.3. The third kappa shape index (κ3) is 8.11. The Morgan fingerprint density at radius 3 is 2.07 bits per heavy atom. The molecule has 0 spiro atoms. The predicted molar refractivity (Wildman–Crippen MR) is 108 cm³/mol. The molecular formula is C20H34F3NO3Si. The first kappa shape index (κ1) is 24.9. The normalized spacial score (nSPS) is 14.4. The van der Waals surface area contributed by atoms with Crippen molar-refractivity contribution in [1.82, 2.24) is 4.90 Å². The fraction of sp³-hybridized carbons (Fsp3) is 0.700. The van der Waals surface area contributed by atoms with Gasteiger partial charge in [-0.15, -0.1) is 0 Å². The molecule has 0 saturated carbocycles. The third-order valence-corrected chi connectivity index (χ3v) is 9.66. The van der Waals surface area contributed by atoms with Gasteiger partial charge in [-0.2, -0.15) is 13.2 Å². The van der Waals surface area contributed by atoms with Crippen molar-refractivity contribution in [1.29, 1.82) is 0 Å². The molecule has 0 saturated heterocycles. The molecule has 0 aliphatic rings. The van der Waals surface area contributed by atoms with Crippen LogP contribution in [0.5, 0.6) is 5.75 Å². The van der Waals surface area contributed by atoms with E-state index in [2.05, 4.69) is 33.9 Å². The molecule has 162 valence electrons. The molecule has 1 unspecified atom stereocenters. The van der Waals surface area contributed by atoms with E-state index in [4.69, 9.17) is 13.9 Å². The molecule has 0 N–H and O–H groups in total. The molecule has 28 heavy (non-hydrogen) atoms. The van der Waals surface area contributed by atoms with E-state index < -0.39 is 20.6 Å². The Balaban J connectivity index is 2.56. The Labute approximate surface area is 168 Å². The molecule has 0 aliphatic carbocycles. The maximum Gasteiger partial charge on any atom is 0.415 e. The molecule has 1 atom stereocenters. The number of alkyl halides is 3. The first-order valence-electron chi connectivity index (χ1n) is 9.40. The Morgan fingerprint density at radius 2 is 1.61 bits per heavy atom. The SMILES string of the molecule is COc1ccc(CN(C)CC(OCCO[Si](C)(C)C(C)(C)C)C(F)(F)F)cc1. The molecule has 0 heterocycles. The van der Waals surface area contributed by atoms with Crippen LogP contribution in [0.1, 0.15) is 26.3 Å². The average Bonchev–Trinajstić information content (AvgIpc) is 2.56. The number of likely N-dealkylation sites (N-methyl/N-ethyl adjacent to an activating group) is 1. The zero-order valence-corrected chi connectivity index (χ0v) is 19.0. The summed E-state index contributed by atoms with van der Waals surface area (Å²) in [7, 11) is 1.23. The Bertz CT molecular complexity index is 586. The van der Waals surface area contributed by atoms with E-state index in [1.807, 2.05) is 12.1 Å². The molecular weight excluding hydrogens is 387 g/mol. The molecule has 1 rings (SSSR count). The van der Waals surface area contributed by atoms with Crippen LogP contribution in [0.25, 0.3) is 0 Å². The number of hydrogen-bond acceptors (Lipinski definition) is 4. The second-order valence-electron chi connectivity index (χ2n) is 8.55. The van der Waals surface area contributed by atoms with Crippen LogP contribution in [-0.4, -0.2) is 59.4 Å². The monoisotopic (exact) mass is 421 g/mol. The predicted octanol–water partition coefficient (Wildman–Crippen LogP) is 5.10. The van der Waals surface area contributed by atoms with Gasteiger partial charge in [0.1, 0.15) is 5.75 Å². The van der Waals surface area contributed by atoms with Gasteiger partial charge in [-0.25, -0.2) is 0 Å². The van der Waals surface area contributed by atoms with Crippen LogP contribution in [0, 0.1) is 0 Å². The summed E-state index contributed by atoms with van der Waals surface area (Å²) in [5.74, 6) is 0.713. The summed E-state index contributed by atoms with van der Waals surface area (Å²) in [4.78, 5) is 1.61. The highest BCUT2D eigenvalue weighted by molar-refractivity contribution is 6.74. The highest BCUT2D eigenvalue weighted by Crippen LogP contribution is 2.36. The molecule has 1 aromatic carbocycles. The second-order valence-corrected chi connectivity index (χ2v) is 13.4. The maximum atomic E-state index is 13.4. The standard InChI is InChI=1S/C20H34F3NO3Si/c1-19(2,3)28(6,7)27-13-12-26-18(20(21,22)23)15-24(4)14-16-8-10-17(25-5)11-9-16/h8-11,18H,12-15H2,1-7H3. The van der Waals surface area contributed by atoms with Gasteiger partial charge >= 0.3 is 6.18 Å². The second kappa shape index (κ2) is 10.1. The van der Waals surface area contributed by atoms with E-state index >= 15 is 0 Å². The summed E-state index contributed by atoms with van der Waals surface area (Å²) in [6, 6.07) is 7.26. The van der Waals surface area contributed by atoms with Gasteiger partial charge in [0.2, 0.25) is 0 Å². The minimum absolute atomic E-state index is 0.00894. The topological polar surface area (TPSA) is 30.9 Å². The lowest BCUT2D eigenvalue weighted by Gasteiger charge is -2.36. The smallest absolute Gasteiger partial charge is 0.415 e. The lowest BCUT2D eigenvalue weighted by molar-refractivity contribution is -0.225. The summed E-state index contributed by atoms with van der Waals surface area (Å²) >= 11 is 0. The van der Waals surface area contributed by atoms with Gasteiger partial charge in [-0.3, -0.25) is 4.90 Å². The van der Waals surface area contributed by atoms with E-state index in [1.165, 1.54) is 0 Å². The highest BCUT2D eigenvalue weighted by Gasteiger charge is 2.41. The van der Waals surface area contributed by atoms with E-state index in [1.54, 1.807) is 31.2 Å². The summed E-state index contributed by atoms with van der Waals surface area (Å²) in [6.07, 6.45) is -6.27. The highest BCUT2D eigenvalue weighted by atomic mass is 28.4. The minimum atomic E-state index is -4.43. The molecule has 0 amide bonds. The van der Waals surface area contributed by atoms with E-state index in [0.717, 1.165) is 5.56 Å². The zero-order valence-electron chi connectivity index (χ0n) is 18.0. The van der Waals surface area contributed by atoms with Gasteiger partial charge in [0, 0.05) is 13.1 Å². The molecule has 0 radical (unpaired) electrons. The number of halogens is 3. The first-order valence-corrected chi connectivity index (χ1v) is 12.3. The third-order valence-electron chi connectivity index (χ3n) is 5.13. The molecule has 0 fully saturated rings. The molecule has 0 aliphatic heterocycles. The van der Waals surface area contributed by atoms with Crippen molar-refractivity contribution in [3.8, 4) is 5.75 Å². The minimum Gasteiger partial charge on any atom is -0.497 e. The summed E-state index contributed by atoms with van der Waals surface area (Å²) in [6.45, 7) is 10.6. The number of rotatable bonds is 10. The number of methoxy groups -OCH3 is 1. The van der Waals surface area contributed by atoms with Crippen molar-refractivity contribution in [2.75, 3.05) is 33.9 Å². The zero-order chi connectivity index (χ0) is 21.6. The summed E-state index contributed by atoms with van der Waals surface area (Å²) in [5, 5.41) is 0.00894. The van der Waals surface area contributed by atoms with Gasteiger partial charge in [-0.05, 0) is 42.9 Å².